The molecule has 0 aliphatic carbocycles. The highest BCUT2D eigenvalue weighted by molar-refractivity contribution is 5.77. The average molecular weight is 252 g/mol. The molecule has 0 saturated heterocycles. The molecule has 0 aliphatic rings. The van der Waals surface area contributed by atoms with Crippen LogP contribution in [0.25, 0.3) is 0 Å². The van der Waals surface area contributed by atoms with Gasteiger partial charge in [0.25, 0.3) is 0 Å². The predicted molar refractivity (Wildman–Crippen MR) is 70.9 cm³/mol. The first-order chi connectivity index (χ1) is 8.43. The van der Waals surface area contributed by atoms with E-state index in [1.54, 1.807) is 6.07 Å². The van der Waals surface area contributed by atoms with Crippen LogP contribution in [0.4, 0.5) is 4.39 Å². The van der Waals surface area contributed by atoms with Crippen LogP contribution in [0.5, 0.6) is 0 Å². The normalized spacial score (nSPS) is 11.3. The van der Waals surface area contributed by atoms with Crippen LogP contribution in [-0.4, -0.2) is 25.0 Å². The van der Waals surface area contributed by atoms with Gasteiger partial charge in [0.15, 0.2) is 0 Å². The van der Waals surface area contributed by atoms with E-state index in [4.69, 9.17) is 0 Å². The third-order valence-electron chi connectivity index (χ3n) is 2.90. The molecular weight excluding hydrogens is 231 g/mol. The highest BCUT2D eigenvalue weighted by atomic mass is 19.1. The van der Waals surface area contributed by atoms with Crippen LogP contribution < -0.4 is 10.6 Å². The van der Waals surface area contributed by atoms with Crippen LogP contribution in [0.3, 0.4) is 0 Å². The monoisotopic (exact) mass is 252 g/mol. The van der Waals surface area contributed by atoms with Crippen LogP contribution in [0.2, 0.25) is 0 Å². The molecule has 1 aromatic rings. The maximum atomic E-state index is 12.9. The molecule has 0 radical (unpaired) electrons. The quantitative estimate of drug-likeness (QED) is 0.811. The lowest BCUT2D eigenvalue weighted by Gasteiger charge is -2.23. The highest BCUT2D eigenvalue weighted by Crippen LogP contribution is 2.07. The Morgan fingerprint density at radius 1 is 1.39 bits per heavy atom. The summed E-state index contributed by atoms with van der Waals surface area (Å²) in [6.07, 6.45) is 1.07. The van der Waals surface area contributed by atoms with Crippen LogP contribution in [0.1, 0.15) is 25.8 Å². The Bertz CT molecular complexity index is 405. The number of hydrogen-bond donors (Lipinski definition) is 2. The molecule has 0 spiro atoms. The van der Waals surface area contributed by atoms with Gasteiger partial charge in [-0.3, -0.25) is 4.79 Å². The Labute approximate surface area is 108 Å². The predicted octanol–water partition coefficient (Wildman–Crippen LogP) is 1.87. The van der Waals surface area contributed by atoms with Gasteiger partial charge in [-0.1, -0.05) is 12.1 Å². The summed E-state index contributed by atoms with van der Waals surface area (Å²) in [6, 6.07) is 6.44. The van der Waals surface area contributed by atoms with Gasteiger partial charge >= 0.3 is 0 Å². The van der Waals surface area contributed by atoms with Crippen molar-refractivity contribution in [3.8, 4) is 0 Å². The SMILES string of the molecule is CNC(C)(C)CC(=O)NCCc1cccc(F)c1. The first-order valence-electron chi connectivity index (χ1n) is 6.13. The molecule has 1 amide bonds. The number of amides is 1. The fourth-order valence-electron chi connectivity index (χ4n) is 1.59. The summed E-state index contributed by atoms with van der Waals surface area (Å²) in [6.45, 7) is 4.47. The summed E-state index contributed by atoms with van der Waals surface area (Å²) in [4.78, 5) is 11.6. The Hall–Kier alpha value is -1.42. The largest absolute Gasteiger partial charge is 0.356 e. The lowest BCUT2D eigenvalue weighted by atomic mass is 10.0. The first-order valence-corrected chi connectivity index (χ1v) is 6.13. The lowest BCUT2D eigenvalue weighted by molar-refractivity contribution is -0.122. The second-order valence-electron chi connectivity index (χ2n) is 5.04. The second-order valence-corrected chi connectivity index (χ2v) is 5.04. The Kier molecular flexibility index (Phi) is 5.28. The third-order valence-corrected chi connectivity index (χ3v) is 2.90. The molecule has 100 valence electrons. The van der Waals surface area contributed by atoms with E-state index in [0.717, 1.165) is 5.56 Å². The molecule has 0 heterocycles. The lowest BCUT2D eigenvalue weighted by Crippen LogP contribution is -2.42. The number of benzene rings is 1. The van der Waals surface area contributed by atoms with Crippen molar-refractivity contribution in [2.45, 2.75) is 32.2 Å². The summed E-state index contributed by atoms with van der Waals surface area (Å²) in [7, 11) is 1.83. The van der Waals surface area contributed by atoms with E-state index in [1.807, 2.05) is 27.0 Å². The van der Waals surface area contributed by atoms with E-state index in [2.05, 4.69) is 10.6 Å². The molecule has 3 nitrogen and oxygen atoms in total. The van der Waals surface area contributed by atoms with Crippen LogP contribution >= 0.6 is 0 Å². The molecule has 4 heteroatoms. The number of rotatable bonds is 6. The van der Waals surface area contributed by atoms with Gasteiger partial charge in [-0.2, -0.15) is 0 Å². The molecule has 0 fully saturated rings. The molecule has 0 aromatic heterocycles. The third kappa shape index (κ3) is 5.27. The number of carbonyl (C=O) groups excluding carboxylic acids is 1. The smallest absolute Gasteiger partial charge is 0.221 e. The van der Waals surface area contributed by atoms with E-state index < -0.39 is 0 Å². The molecule has 2 N–H and O–H groups in total. The van der Waals surface area contributed by atoms with Gasteiger partial charge in [0, 0.05) is 18.5 Å². The van der Waals surface area contributed by atoms with Crippen molar-refractivity contribution in [1.29, 1.82) is 0 Å². The summed E-state index contributed by atoms with van der Waals surface area (Å²) >= 11 is 0. The van der Waals surface area contributed by atoms with Crippen LogP contribution in [-0.2, 0) is 11.2 Å². The molecule has 0 atom stereocenters. The molecule has 18 heavy (non-hydrogen) atoms. The van der Waals surface area contributed by atoms with Crippen molar-refractivity contribution in [2.75, 3.05) is 13.6 Å². The second kappa shape index (κ2) is 6.50. The van der Waals surface area contributed by atoms with Gasteiger partial charge in [0.2, 0.25) is 5.91 Å². The molecule has 1 rings (SSSR count). The zero-order valence-electron chi connectivity index (χ0n) is 11.2. The Morgan fingerprint density at radius 2 is 2.11 bits per heavy atom. The van der Waals surface area contributed by atoms with Crippen molar-refractivity contribution in [3.63, 3.8) is 0 Å². The van der Waals surface area contributed by atoms with Gasteiger partial charge in [-0.05, 0) is 45.0 Å². The highest BCUT2D eigenvalue weighted by Gasteiger charge is 2.18. The summed E-state index contributed by atoms with van der Waals surface area (Å²) in [5.74, 6) is -0.235. The van der Waals surface area contributed by atoms with E-state index >= 15 is 0 Å². The maximum absolute atomic E-state index is 12.9. The van der Waals surface area contributed by atoms with Crippen LogP contribution in [0.15, 0.2) is 24.3 Å². The minimum atomic E-state index is -0.241. The molecule has 0 bridgehead atoms. The number of halogens is 1. The van der Waals surface area contributed by atoms with Gasteiger partial charge in [0.05, 0.1) is 0 Å². The van der Waals surface area contributed by atoms with E-state index in [9.17, 15) is 9.18 Å². The van der Waals surface area contributed by atoms with E-state index in [1.165, 1.54) is 12.1 Å². The van der Waals surface area contributed by atoms with Crippen molar-refractivity contribution in [2.24, 2.45) is 0 Å². The van der Waals surface area contributed by atoms with Gasteiger partial charge < -0.3 is 10.6 Å². The van der Waals surface area contributed by atoms with Gasteiger partial charge in [-0.15, -0.1) is 0 Å². The van der Waals surface area contributed by atoms with E-state index in [-0.39, 0.29) is 17.3 Å². The van der Waals surface area contributed by atoms with Crippen molar-refractivity contribution in [1.82, 2.24) is 10.6 Å². The Morgan fingerprint density at radius 3 is 2.72 bits per heavy atom. The molecule has 0 unspecified atom stereocenters. The number of hydrogen-bond acceptors (Lipinski definition) is 2. The fourth-order valence-corrected chi connectivity index (χ4v) is 1.59. The minimum Gasteiger partial charge on any atom is -0.356 e. The van der Waals surface area contributed by atoms with Crippen molar-refractivity contribution in [3.05, 3.63) is 35.6 Å². The van der Waals surface area contributed by atoms with Crippen LogP contribution in [0, 0.1) is 5.82 Å². The zero-order valence-corrected chi connectivity index (χ0v) is 11.2. The Balaban J connectivity index is 2.32. The molecule has 0 aliphatic heterocycles. The van der Waals surface area contributed by atoms with E-state index in [0.29, 0.717) is 19.4 Å². The fraction of sp³-hybridized carbons (Fsp3) is 0.500. The number of carbonyl (C=O) groups is 1. The summed E-state index contributed by atoms with van der Waals surface area (Å²) in [5, 5.41) is 5.92. The molecule has 1 aromatic carbocycles. The maximum Gasteiger partial charge on any atom is 0.221 e. The zero-order chi connectivity index (χ0) is 13.6. The summed E-state index contributed by atoms with van der Waals surface area (Å²) in [5.41, 5.74) is 0.686. The first kappa shape index (κ1) is 14.6. The van der Waals surface area contributed by atoms with Crippen molar-refractivity contribution < 1.29 is 9.18 Å². The minimum absolute atomic E-state index is 0.00533. The number of nitrogens with one attached hydrogen (secondary N) is 2. The van der Waals surface area contributed by atoms with Gasteiger partial charge in [-0.25, -0.2) is 4.39 Å². The summed E-state index contributed by atoms with van der Waals surface area (Å²) < 4.78 is 12.9. The van der Waals surface area contributed by atoms with Crippen molar-refractivity contribution >= 4 is 5.91 Å². The molecule has 0 saturated carbocycles. The topological polar surface area (TPSA) is 41.1 Å². The average Bonchev–Trinajstić information content (AvgIpc) is 2.28. The molecular formula is C14H21FN2O. The standard InChI is InChI=1S/C14H21FN2O/c1-14(2,16-3)10-13(18)17-8-7-11-5-4-6-12(15)9-11/h4-6,9,16H,7-8,10H2,1-3H3,(H,17,18). The van der Waals surface area contributed by atoms with Gasteiger partial charge in [0.1, 0.15) is 5.82 Å².